The van der Waals surface area contributed by atoms with Crippen LogP contribution in [0.1, 0.15) is 43.5 Å². The maximum atomic E-state index is 13.3. The number of carbonyl (C=O) groups is 1. The number of aryl methyl sites for hydroxylation is 1. The second kappa shape index (κ2) is 6.90. The van der Waals surface area contributed by atoms with Crippen molar-refractivity contribution in [3.05, 3.63) is 48.3 Å². The van der Waals surface area contributed by atoms with Crippen LogP contribution in [0.25, 0.3) is 22.2 Å². The van der Waals surface area contributed by atoms with Gasteiger partial charge in [-0.1, -0.05) is 18.2 Å². The van der Waals surface area contributed by atoms with E-state index in [0.29, 0.717) is 0 Å². The van der Waals surface area contributed by atoms with Gasteiger partial charge in [-0.2, -0.15) is 5.10 Å². The fourth-order valence-corrected chi connectivity index (χ4v) is 3.72. The standard InChI is InChI=1S/C21H24N4O/c1-3-24-14-16(13-22-24)20-12-18(17-9-4-5-10-19(17)23-20)21(26)25-11-7-6-8-15(25)2/h4-5,9-10,12-15H,3,6-8,11H2,1-2H3/t15-/m0/s1. The molecule has 26 heavy (non-hydrogen) atoms. The summed E-state index contributed by atoms with van der Waals surface area (Å²) in [5, 5.41) is 5.27. The van der Waals surface area contributed by atoms with Gasteiger partial charge in [-0.3, -0.25) is 9.48 Å². The summed E-state index contributed by atoms with van der Waals surface area (Å²) >= 11 is 0. The zero-order chi connectivity index (χ0) is 18.1. The van der Waals surface area contributed by atoms with Gasteiger partial charge in [0.05, 0.1) is 23.0 Å². The minimum Gasteiger partial charge on any atom is -0.336 e. The van der Waals surface area contributed by atoms with Crippen LogP contribution >= 0.6 is 0 Å². The number of carbonyl (C=O) groups excluding carboxylic acids is 1. The monoisotopic (exact) mass is 348 g/mol. The maximum Gasteiger partial charge on any atom is 0.254 e. The number of rotatable bonds is 3. The van der Waals surface area contributed by atoms with Crippen LogP contribution in [-0.4, -0.2) is 38.2 Å². The predicted molar refractivity (Wildman–Crippen MR) is 103 cm³/mol. The Morgan fingerprint density at radius 1 is 1.27 bits per heavy atom. The van der Waals surface area contributed by atoms with Crippen molar-refractivity contribution in [2.75, 3.05) is 6.54 Å². The quantitative estimate of drug-likeness (QED) is 0.715. The van der Waals surface area contributed by atoms with E-state index < -0.39 is 0 Å². The third-order valence-corrected chi connectivity index (χ3v) is 5.26. The molecule has 0 spiro atoms. The van der Waals surface area contributed by atoms with E-state index in [1.165, 1.54) is 6.42 Å². The normalized spacial score (nSPS) is 17.6. The minimum atomic E-state index is 0.111. The number of likely N-dealkylation sites (tertiary alicyclic amines) is 1. The molecule has 3 heterocycles. The molecule has 0 N–H and O–H groups in total. The average molecular weight is 348 g/mol. The van der Waals surface area contributed by atoms with Crippen molar-refractivity contribution < 1.29 is 4.79 Å². The molecule has 5 heteroatoms. The third kappa shape index (κ3) is 2.98. The molecule has 5 nitrogen and oxygen atoms in total. The smallest absolute Gasteiger partial charge is 0.254 e. The van der Waals surface area contributed by atoms with Gasteiger partial charge < -0.3 is 4.90 Å². The lowest BCUT2D eigenvalue weighted by Crippen LogP contribution is -2.42. The number of benzene rings is 1. The highest BCUT2D eigenvalue weighted by Crippen LogP contribution is 2.27. The molecule has 1 aromatic carbocycles. The Bertz CT molecular complexity index is 946. The van der Waals surface area contributed by atoms with E-state index in [-0.39, 0.29) is 11.9 Å². The molecule has 0 radical (unpaired) electrons. The molecule has 1 atom stereocenters. The first-order chi connectivity index (χ1) is 12.7. The van der Waals surface area contributed by atoms with E-state index in [0.717, 1.165) is 53.7 Å². The molecular formula is C21H24N4O. The molecule has 0 unspecified atom stereocenters. The van der Waals surface area contributed by atoms with Gasteiger partial charge in [0.15, 0.2) is 0 Å². The van der Waals surface area contributed by atoms with Gasteiger partial charge in [-0.15, -0.1) is 0 Å². The molecule has 0 aliphatic carbocycles. The number of nitrogens with zero attached hydrogens (tertiary/aromatic N) is 4. The van der Waals surface area contributed by atoms with Crippen LogP contribution in [0.4, 0.5) is 0 Å². The van der Waals surface area contributed by atoms with Crippen LogP contribution in [-0.2, 0) is 6.54 Å². The van der Waals surface area contributed by atoms with Crippen molar-refractivity contribution in [3.63, 3.8) is 0 Å². The van der Waals surface area contributed by atoms with Crippen LogP contribution in [0.3, 0.4) is 0 Å². The summed E-state index contributed by atoms with van der Waals surface area (Å²) in [4.78, 5) is 20.1. The van der Waals surface area contributed by atoms with E-state index in [1.54, 1.807) is 0 Å². The molecule has 134 valence electrons. The second-order valence-corrected chi connectivity index (χ2v) is 7.00. The summed E-state index contributed by atoms with van der Waals surface area (Å²) < 4.78 is 1.88. The van der Waals surface area contributed by atoms with Crippen LogP contribution in [0, 0.1) is 0 Å². The predicted octanol–water partition coefficient (Wildman–Crippen LogP) is 4.13. The molecule has 4 rings (SSSR count). The average Bonchev–Trinajstić information content (AvgIpc) is 3.16. The maximum absolute atomic E-state index is 13.3. The van der Waals surface area contributed by atoms with Crippen LogP contribution in [0.2, 0.25) is 0 Å². The topological polar surface area (TPSA) is 51.0 Å². The van der Waals surface area contributed by atoms with Gasteiger partial charge in [0.25, 0.3) is 5.91 Å². The Hall–Kier alpha value is -2.69. The lowest BCUT2D eigenvalue weighted by Gasteiger charge is -2.33. The second-order valence-electron chi connectivity index (χ2n) is 7.00. The number of aromatic nitrogens is 3. The number of piperidine rings is 1. The van der Waals surface area contributed by atoms with E-state index in [2.05, 4.69) is 18.9 Å². The largest absolute Gasteiger partial charge is 0.336 e. The molecule has 1 aliphatic rings. The summed E-state index contributed by atoms with van der Waals surface area (Å²) in [6, 6.07) is 10.1. The number of hydrogen-bond acceptors (Lipinski definition) is 3. The number of para-hydroxylation sites is 1. The summed E-state index contributed by atoms with van der Waals surface area (Å²) in [6.45, 7) is 5.84. The van der Waals surface area contributed by atoms with Gasteiger partial charge in [-0.25, -0.2) is 4.98 Å². The molecule has 2 aromatic heterocycles. The first kappa shape index (κ1) is 16.8. The zero-order valence-corrected chi connectivity index (χ0v) is 15.4. The highest BCUT2D eigenvalue weighted by molar-refractivity contribution is 6.07. The van der Waals surface area contributed by atoms with Gasteiger partial charge in [0.2, 0.25) is 0 Å². The molecule has 3 aromatic rings. The first-order valence-electron chi connectivity index (χ1n) is 9.41. The van der Waals surface area contributed by atoms with Crippen molar-refractivity contribution in [3.8, 4) is 11.3 Å². The Kier molecular flexibility index (Phi) is 4.45. The summed E-state index contributed by atoms with van der Waals surface area (Å²) in [6.07, 6.45) is 7.15. The highest BCUT2D eigenvalue weighted by atomic mass is 16.2. The van der Waals surface area contributed by atoms with E-state index >= 15 is 0 Å². The fourth-order valence-electron chi connectivity index (χ4n) is 3.72. The lowest BCUT2D eigenvalue weighted by atomic mass is 10.00. The van der Waals surface area contributed by atoms with Gasteiger partial charge in [-0.05, 0) is 45.2 Å². The number of pyridine rings is 1. The summed E-state index contributed by atoms with van der Waals surface area (Å²) in [7, 11) is 0. The van der Waals surface area contributed by atoms with E-state index in [1.807, 2.05) is 52.3 Å². The molecule has 0 saturated carbocycles. The van der Waals surface area contributed by atoms with Crippen LogP contribution in [0.5, 0.6) is 0 Å². The zero-order valence-electron chi connectivity index (χ0n) is 15.4. The number of hydrogen-bond donors (Lipinski definition) is 0. The van der Waals surface area contributed by atoms with Crippen molar-refractivity contribution in [2.24, 2.45) is 0 Å². The molecular weight excluding hydrogens is 324 g/mol. The Morgan fingerprint density at radius 3 is 2.88 bits per heavy atom. The fraction of sp³-hybridized carbons (Fsp3) is 0.381. The van der Waals surface area contributed by atoms with Crippen molar-refractivity contribution >= 4 is 16.8 Å². The summed E-state index contributed by atoms with van der Waals surface area (Å²) in [5.74, 6) is 0.111. The molecule has 1 amide bonds. The Morgan fingerprint density at radius 2 is 2.12 bits per heavy atom. The van der Waals surface area contributed by atoms with Crippen LogP contribution in [0.15, 0.2) is 42.7 Å². The van der Waals surface area contributed by atoms with Gasteiger partial charge in [0, 0.05) is 36.3 Å². The molecule has 1 aliphatic heterocycles. The van der Waals surface area contributed by atoms with E-state index in [4.69, 9.17) is 4.98 Å². The number of fused-ring (bicyclic) bond motifs is 1. The number of amides is 1. The third-order valence-electron chi connectivity index (χ3n) is 5.26. The Labute approximate surface area is 153 Å². The van der Waals surface area contributed by atoms with Gasteiger partial charge in [0.1, 0.15) is 0 Å². The SMILES string of the molecule is CCn1cc(-c2cc(C(=O)N3CCCC[C@@H]3C)c3ccccc3n2)cn1. The van der Waals surface area contributed by atoms with E-state index in [9.17, 15) is 4.79 Å². The molecule has 1 fully saturated rings. The minimum absolute atomic E-state index is 0.111. The van der Waals surface area contributed by atoms with Crippen molar-refractivity contribution in [2.45, 2.75) is 45.7 Å². The summed E-state index contributed by atoms with van der Waals surface area (Å²) in [5.41, 5.74) is 3.33. The lowest BCUT2D eigenvalue weighted by molar-refractivity contribution is 0.0637. The van der Waals surface area contributed by atoms with Crippen LogP contribution < -0.4 is 0 Å². The molecule has 0 bridgehead atoms. The first-order valence-corrected chi connectivity index (χ1v) is 9.41. The van der Waals surface area contributed by atoms with Gasteiger partial charge >= 0.3 is 0 Å². The van der Waals surface area contributed by atoms with Crippen molar-refractivity contribution in [1.29, 1.82) is 0 Å². The highest BCUT2D eigenvalue weighted by Gasteiger charge is 2.26. The van der Waals surface area contributed by atoms with Crippen molar-refractivity contribution in [1.82, 2.24) is 19.7 Å². The molecule has 1 saturated heterocycles. The Balaban J connectivity index is 1.83.